The van der Waals surface area contributed by atoms with Crippen LogP contribution < -0.4 is 0 Å². The highest BCUT2D eigenvalue weighted by molar-refractivity contribution is 5.27. The van der Waals surface area contributed by atoms with E-state index in [9.17, 15) is 10.2 Å². The first-order valence-corrected chi connectivity index (χ1v) is 9.25. The molecule has 4 saturated carbocycles. The minimum absolute atomic E-state index is 0.0678. The van der Waals surface area contributed by atoms with Crippen molar-refractivity contribution in [2.45, 2.75) is 77.9 Å². The van der Waals surface area contributed by atoms with Gasteiger partial charge in [-0.1, -0.05) is 27.4 Å². The summed E-state index contributed by atoms with van der Waals surface area (Å²) in [5.74, 6) is 1.78. The van der Waals surface area contributed by atoms with Gasteiger partial charge >= 0.3 is 0 Å². The molecule has 0 aromatic carbocycles. The topological polar surface area (TPSA) is 40.5 Å². The van der Waals surface area contributed by atoms with Gasteiger partial charge in [-0.2, -0.15) is 0 Å². The van der Waals surface area contributed by atoms with Crippen molar-refractivity contribution in [3.63, 3.8) is 0 Å². The molecule has 4 aliphatic carbocycles. The van der Waals surface area contributed by atoms with E-state index in [1.165, 1.54) is 19.3 Å². The zero-order chi connectivity index (χ0) is 15.9. The van der Waals surface area contributed by atoms with Crippen LogP contribution in [0.3, 0.4) is 0 Å². The largest absolute Gasteiger partial charge is 0.393 e. The molecule has 1 spiro atoms. The van der Waals surface area contributed by atoms with Gasteiger partial charge in [0.05, 0.1) is 12.2 Å². The summed E-state index contributed by atoms with van der Waals surface area (Å²) >= 11 is 0. The summed E-state index contributed by atoms with van der Waals surface area (Å²) in [5.41, 5.74) is 1.57. The van der Waals surface area contributed by atoms with Gasteiger partial charge < -0.3 is 10.2 Å². The van der Waals surface area contributed by atoms with Crippen LogP contribution in [-0.2, 0) is 0 Å². The van der Waals surface area contributed by atoms with Crippen LogP contribution in [0.2, 0.25) is 0 Å². The molecule has 0 radical (unpaired) electrons. The Bertz CT molecular complexity index is 510. The standard InChI is InChI=1S/C20H32O2/c1-12-13-5-6-16-19(4)11-14(21)10-18(2,3)15(19)7-8-20(16,9-13)17(12)22/h13-17,21-22H,1,5-11H2,2-4H3/t13-,14-,15+,16+,17+,19-,20-/m1/s1. The Morgan fingerprint density at radius 1 is 0.955 bits per heavy atom. The highest BCUT2D eigenvalue weighted by atomic mass is 16.3. The Labute approximate surface area is 135 Å². The third-order valence-corrected chi connectivity index (χ3v) is 8.42. The van der Waals surface area contributed by atoms with Gasteiger partial charge in [0, 0.05) is 5.41 Å². The van der Waals surface area contributed by atoms with E-state index in [1.54, 1.807) is 0 Å². The molecular formula is C20H32O2. The molecule has 4 fully saturated rings. The van der Waals surface area contributed by atoms with Crippen molar-refractivity contribution >= 4 is 0 Å². The summed E-state index contributed by atoms with van der Waals surface area (Å²) in [5, 5.41) is 21.5. The lowest BCUT2D eigenvalue weighted by Gasteiger charge is -2.65. The highest BCUT2D eigenvalue weighted by Crippen LogP contribution is 2.71. The zero-order valence-electron chi connectivity index (χ0n) is 14.4. The van der Waals surface area contributed by atoms with Crippen molar-refractivity contribution in [2.24, 2.45) is 34.0 Å². The number of fused-ring (bicyclic) bond motifs is 3. The maximum absolute atomic E-state index is 11.0. The molecule has 22 heavy (non-hydrogen) atoms. The lowest BCUT2D eigenvalue weighted by Crippen LogP contribution is -2.60. The SMILES string of the molecule is C=C1[C@@H]2CC[C@H]3[C@]4(C)C[C@H](O)CC(C)(C)[C@@H]4CC[C@]3(C2)[C@H]1O. The minimum Gasteiger partial charge on any atom is -0.393 e. The van der Waals surface area contributed by atoms with Crippen molar-refractivity contribution in [3.05, 3.63) is 12.2 Å². The van der Waals surface area contributed by atoms with E-state index in [2.05, 4.69) is 27.4 Å². The second-order valence-electron chi connectivity index (χ2n) is 9.89. The lowest BCUT2D eigenvalue weighted by molar-refractivity contribution is -0.188. The smallest absolute Gasteiger partial charge is 0.0809 e. The third kappa shape index (κ3) is 1.69. The van der Waals surface area contributed by atoms with Crippen LogP contribution in [0, 0.1) is 34.0 Å². The third-order valence-electron chi connectivity index (χ3n) is 8.42. The van der Waals surface area contributed by atoms with Gasteiger partial charge in [0.25, 0.3) is 0 Å². The fourth-order valence-corrected chi connectivity index (χ4v) is 7.85. The fourth-order valence-electron chi connectivity index (χ4n) is 7.85. The van der Waals surface area contributed by atoms with E-state index in [-0.39, 0.29) is 28.5 Å². The summed E-state index contributed by atoms with van der Waals surface area (Å²) in [7, 11) is 0. The van der Waals surface area contributed by atoms with E-state index in [0.717, 1.165) is 31.3 Å². The Kier molecular flexibility index (Phi) is 3.03. The molecular weight excluding hydrogens is 272 g/mol. The van der Waals surface area contributed by atoms with Crippen molar-refractivity contribution in [2.75, 3.05) is 0 Å². The van der Waals surface area contributed by atoms with Gasteiger partial charge in [0.2, 0.25) is 0 Å². The molecule has 0 heterocycles. The van der Waals surface area contributed by atoms with Crippen LogP contribution in [0.25, 0.3) is 0 Å². The second-order valence-corrected chi connectivity index (χ2v) is 9.89. The van der Waals surface area contributed by atoms with Gasteiger partial charge in [0.15, 0.2) is 0 Å². The molecule has 4 rings (SSSR count). The molecule has 0 unspecified atom stereocenters. The van der Waals surface area contributed by atoms with Crippen LogP contribution in [0.15, 0.2) is 12.2 Å². The van der Waals surface area contributed by atoms with Crippen LogP contribution in [0.5, 0.6) is 0 Å². The van der Waals surface area contributed by atoms with E-state index in [1.807, 2.05) is 0 Å². The minimum atomic E-state index is -0.301. The number of aliphatic hydroxyl groups excluding tert-OH is 2. The summed E-state index contributed by atoms with van der Waals surface area (Å²) in [6.45, 7) is 11.4. The second kappa shape index (κ2) is 4.39. The van der Waals surface area contributed by atoms with Crippen LogP contribution in [-0.4, -0.2) is 22.4 Å². The number of aliphatic hydroxyl groups is 2. The monoisotopic (exact) mass is 304 g/mol. The Morgan fingerprint density at radius 3 is 2.41 bits per heavy atom. The summed E-state index contributed by atoms with van der Waals surface area (Å²) in [6.07, 6.45) is 7.32. The van der Waals surface area contributed by atoms with Crippen LogP contribution in [0.4, 0.5) is 0 Å². The van der Waals surface area contributed by atoms with Crippen molar-refractivity contribution in [3.8, 4) is 0 Å². The number of hydrogen-bond donors (Lipinski definition) is 2. The molecule has 2 bridgehead atoms. The van der Waals surface area contributed by atoms with E-state index < -0.39 is 0 Å². The zero-order valence-corrected chi connectivity index (χ0v) is 14.4. The van der Waals surface area contributed by atoms with Crippen molar-refractivity contribution in [1.82, 2.24) is 0 Å². The molecule has 2 heteroatoms. The average Bonchev–Trinajstić information content (AvgIpc) is 2.58. The fraction of sp³-hybridized carbons (Fsp3) is 0.900. The van der Waals surface area contributed by atoms with Crippen molar-refractivity contribution in [1.29, 1.82) is 0 Å². The summed E-state index contributed by atoms with van der Waals surface area (Å²) in [4.78, 5) is 0. The Morgan fingerprint density at radius 2 is 1.68 bits per heavy atom. The molecule has 2 nitrogen and oxygen atoms in total. The van der Waals surface area contributed by atoms with Crippen LogP contribution >= 0.6 is 0 Å². The van der Waals surface area contributed by atoms with Gasteiger partial charge in [-0.25, -0.2) is 0 Å². The summed E-state index contributed by atoms with van der Waals surface area (Å²) in [6, 6.07) is 0. The predicted molar refractivity (Wildman–Crippen MR) is 88.3 cm³/mol. The number of hydrogen-bond acceptors (Lipinski definition) is 2. The maximum Gasteiger partial charge on any atom is 0.0809 e. The van der Waals surface area contributed by atoms with Crippen molar-refractivity contribution < 1.29 is 10.2 Å². The van der Waals surface area contributed by atoms with Gasteiger partial charge in [-0.3, -0.25) is 0 Å². The Hall–Kier alpha value is -0.340. The molecule has 0 aromatic heterocycles. The first-order valence-electron chi connectivity index (χ1n) is 9.25. The average molecular weight is 304 g/mol. The first-order chi connectivity index (χ1) is 10.2. The first kappa shape index (κ1) is 15.2. The van der Waals surface area contributed by atoms with Crippen LogP contribution in [0.1, 0.15) is 65.7 Å². The van der Waals surface area contributed by atoms with E-state index in [0.29, 0.717) is 17.8 Å². The quantitative estimate of drug-likeness (QED) is 0.666. The summed E-state index contributed by atoms with van der Waals surface area (Å²) < 4.78 is 0. The van der Waals surface area contributed by atoms with Gasteiger partial charge in [-0.15, -0.1) is 0 Å². The molecule has 0 aliphatic heterocycles. The Balaban J connectivity index is 1.78. The predicted octanol–water partition coefficient (Wildman–Crippen LogP) is 3.92. The molecule has 2 N–H and O–H groups in total. The normalized spacial score (nSPS) is 56.4. The molecule has 7 atom stereocenters. The molecule has 0 aromatic rings. The molecule has 0 amide bonds. The molecule has 4 aliphatic rings. The number of rotatable bonds is 0. The maximum atomic E-state index is 11.0. The van der Waals surface area contributed by atoms with Gasteiger partial charge in [-0.05, 0) is 79.1 Å². The lowest BCUT2D eigenvalue weighted by atomic mass is 9.40. The molecule has 124 valence electrons. The molecule has 0 saturated heterocycles. The highest BCUT2D eigenvalue weighted by Gasteiger charge is 2.66. The van der Waals surface area contributed by atoms with Gasteiger partial charge in [0.1, 0.15) is 0 Å². The van der Waals surface area contributed by atoms with E-state index >= 15 is 0 Å². The van der Waals surface area contributed by atoms with E-state index in [4.69, 9.17) is 0 Å².